The van der Waals surface area contributed by atoms with Gasteiger partial charge >= 0.3 is 0 Å². The molecule has 2 rings (SSSR count). The van der Waals surface area contributed by atoms with Gasteiger partial charge in [-0.15, -0.1) is 5.10 Å². The highest BCUT2D eigenvalue weighted by Crippen LogP contribution is 2.13. The van der Waals surface area contributed by atoms with Gasteiger partial charge in [-0.2, -0.15) is 0 Å². The zero-order valence-electron chi connectivity index (χ0n) is 7.61. The Morgan fingerprint density at radius 1 is 1.29 bits per heavy atom. The molecule has 0 saturated heterocycles. The lowest BCUT2D eigenvalue weighted by atomic mass is 10.3. The van der Waals surface area contributed by atoms with Crippen LogP contribution in [0.5, 0.6) is 0 Å². The van der Waals surface area contributed by atoms with Gasteiger partial charge in [-0.05, 0) is 31.2 Å². The molecule has 0 aliphatic rings. The van der Waals surface area contributed by atoms with E-state index in [9.17, 15) is 4.39 Å². The van der Waals surface area contributed by atoms with Gasteiger partial charge in [0.2, 0.25) is 0 Å². The number of nitrogens with two attached hydrogens (primary N) is 1. The molecule has 0 saturated carbocycles. The highest BCUT2D eigenvalue weighted by atomic mass is 19.1. The van der Waals surface area contributed by atoms with Crippen LogP contribution in [0.4, 0.5) is 10.2 Å². The minimum absolute atomic E-state index is 0.278. The maximum atomic E-state index is 12.6. The second-order valence-electron chi connectivity index (χ2n) is 2.95. The smallest absolute Gasteiger partial charge is 0.169 e. The van der Waals surface area contributed by atoms with Crippen molar-refractivity contribution in [3.8, 4) is 5.69 Å². The van der Waals surface area contributed by atoms with E-state index in [1.807, 2.05) is 0 Å². The van der Waals surface area contributed by atoms with Crippen molar-refractivity contribution in [3.63, 3.8) is 0 Å². The number of hydrogen-bond donors (Lipinski definition) is 1. The number of nitrogens with zero attached hydrogens (tertiary/aromatic N) is 3. The monoisotopic (exact) mass is 192 g/mol. The number of rotatable bonds is 1. The molecule has 1 aromatic carbocycles. The molecule has 2 aromatic rings. The number of halogens is 1. The molecule has 4 nitrogen and oxygen atoms in total. The fraction of sp³-hybridized carbons (Fsp3) is 0.111. The van der Waals surface area contributed by atoms with Gasteiger partial charge in [0.15, 0.2) is 5.82 Å². The molecule has 0 aliphatic heterocycles. The fourth-order valence-corrected chi connectivity index (χ4v) is 1.17. The topological polar surface area (TPSA) is 56.7 Å². The summed E-state index contributed by atoms with van der Waals surface area (Å²) in [5, 5.41) is 7.55. The van der Waals surface area contributed by atoms with E-state index in [0.717, 1.165) is 11.4 Å². The average molecular weight is 192 g/mol. The molecule has 1 aromatic heterocycles. The van der Waals surface area contributed by atoms with Crippen molar-refractivity contribution in [1.29, 1.82) is 0 Å². The van der Waals surface area contributed by atoms with Crippen LogP contribution >= 0.6 is 0 Å². The molecule has 0 bridgehead atoms. The van der Waals surface area contributed by atoms with Gasteiger partial charge in [0.05, 0.1) is 11.4 Å². The molecule has 72 valence electrons. The van der Waals surface area contributed by atoms with E-state index in [1.165, 1.54) is 12.1 Å². The van der Waals surface area contributed by atoms with E-state index in [2.05, 4.69) is 10.3 Å². The molecule has 0 spiro atoms. The van der Waals surface area contributed by atoms with Gasteiger partial charge in [-0.1, -0.05) is 5.21 Å². The molecule has 5 heteroatoms. The lowest BCUT2D eigenvalue weighted by Gasteiger charge is -2.01. The van der Waals surface area contributed by atoms with E-state index >= 15 is 0 Å². The summed E-state index contributed by atoms with van der Waals surface area (Å²) < 4.78 is 14.2. The Bertz CT molecular complexity index is 446. The third-order valence-corrected chi connectivity index (χ3v) is 2.00. The van der Waals surface area contributed by atoms with E-state index < -0.39 is 0 Å². The minimum Gasteiger partial charge on any atom is -0.381 e. The molecule has 0 atom stereocenters. The Hall–Kier alpha value is -1.91. The molecule has 0 amide bonds. The lowest BCUT2D eigenvalue weighted by molar-refractivity contribution is 0.626. The number of benzene rings is 1. The highest BCUT2D eigenvalue weighted by molar-refractivity contribution is 5.39. The van der Waals surface area contributed by atoms with Crippen molar-refractivity contribution in [2.24, 2.45) is 0 Å². The summed E-state index contributed by atoms with van der Waals surface area (Å²) in [5.74, 6) is 0.105. The SMILES string of the molecule is Cc1c(N)nnn1-c1ccc(F)cc1. The summed E-state index contributed by atoms with van der Waals surface area (Å²) in [6.45, 7) is 1.80. The average Bonchev–Trinajstić information content (AvgIpc) is 2.50. The van der Waals surface area contributed by atoms with Crippen LogP contribution in [0, 0.1) is 12.7 Å². The molecule has 0 radical (unpaired) electrons. The van der Waals surface area contributed by atoms with Gasteiger partial charge in [0.1, 0.15) is 5.82 Å². The van der Waals surface area contributed by atoms with Crippen LogP contribution in [0.2, 0.25) is 0 Å². The van der Waals surface area contributed by atoms with Gasteiger partial charge in [-0.3, -0.25) is 0 Å². The first-order valence-electron chi connectivity index (χ1n) is 4.12. The first-order chi connectivity index (χ1) is 6.68. The Kier molecular flexibility index (Phi) is 1.92. The summed E-state index contributed by atoms with van der Waals surface area (Å²) in [6.07, 6.45) is 0. The van der Waals surface area contributed by atoms with Crippen LogP contribution in [0.15, 0.2) is 24.3 Å². The number of nitrogen functional groups attached to an aromatic ring is 1. The van der Waals surface area contributed by atoms with Crippen molar-refractivity contribution in [1.82, 2.24) is 15.0 Å². The van der Waals surface area contributed by atoms with Crippen LogP contribution in [0.25, 0.3) is 5.69 Å². The normalized spacial score (nSPS) is 10.4. The zero-order chi connectivity index (χ0) is 10.1. The third kappa shape index (κ3) is 1.32. The number of hydrogen-bond acceptors (Lipinski definition) is 3. The molecule has 0 unspecified atom stereocenters. The van der Waals surface area contributed by atoms with Crippen LogP contribution in [0.1, 0.15) is 5.69 Å². The molecule has 14 heavy (non-hydrogen) atoms. The van der Waals surface area contributed by atoms with Crippen molar-refractivity contribution in [3.05, 3.63) is 35.8 Å². The molecule has 0 aliphatic carbocycles. The van der Waals surface area contributed by atoms with Gasteiger partial charge in [0.25, 0.3) is 0 Å². The fourth-order valence-electron chi connectivity index (χ4n) is 1.17. The molecule has 1 heterocycles. The first kappa shape index (κ1) is 8.68. The summed E-state index contributed by atoms with van der Waals surface area (Å²) in [4.78, 5) is 0. The largest absolute Gasteiger partial charge is 0.381 e. The van der Waals surface area contributed by atoms with Crippen LogP contribution in [-0.2, 0) is 0 Å². The zero-order valence-corrected chi connectivity index (χ0v) is 7.61. The lowest BCUT2D eigenvalue weighted by Crippen LogP contribution is -1.99. The maximum absolute atomic E-state index is 12.6. The summed E-state index contributed by atoms with van der Waals surface area (Å²) >= 11 is 0. The number of anilines is 1. The van der Waals surface area contributed by atoms with Crippen LogP contribution in [0.3, 0.4) is 0 Å². The Balaban J connectivity index is 2.49. The maximum Gasteiger partial charge on any atom is 0.169 e. The second-order valence-corrected chi connectivity index (χ2v) is 2.95. The van der Waals surface area contributed by atoms with Gasteiger partial charge in [0, 0.05) is 0 Å². The predicted octanol–water partition coefficient (Wildman–Crippen LogP) is 1.30. The third-order valence-electron chi connectivity index (χ3n) is 2.00. The Morgan fingerprint density at radius 2 is 1.93 bits per heavy atom. The number of aromatic nitrogens is 3. The van der Waals surface area contributed by atoms with Crippen molar-refractivity contribution in [2.45, 2.75) is 6.92 Å². The van der Waals surface area contributed by atoms with Crippen LogP contribution in [-0.4, -0.2) is 15.0 Å². The predicted molar refractivity (Wildman–Crippen MR) is 50.5 cm³/mol. The van der Waals surface area contributed by atoms with Crippen molar-refractivity contribution in [2.75, 3.05) is 5.73 Å². The van der Waals surface area contributed by atoms with E-state index in [0.29, 0.717) is 5.82 Å². The summed E-state index contributed by atoms with van der Waals surface area (Å²) in [7, 11) is 0. The molecular weight excluding hydrogens is 183 g/mol. The van der Waals surface area contributed by atoms with Crippen LogP contribution < -0.4 is 5.73 Å². The standard InChI is InChI=1S/C9H9FN4/c1-6-9(11)12-13-14(6)8-4-2-7(10)3-5-8/h2-5H,11H2,1H3. The van der Waals surface area contributed by atoms with Gasteiger partial charge in [-0.25, -0.2) is 9.07 Å². The summed E-state index contributed by atoms with van der Waals surface area (Å²) in [6, 6.07) is 5.98. The van der Waals surface area contributed by atoms with Crippen molar-refractivity contribution >= 4 is 5.82 Å². The van der Waals surface area contributed by atoms with E-state index in [4.69, 9.17) is 5.73 Å². The Labute approximate surface area is 80.2 Å². The molecular formula is C9H9FN4. The minimum atomic E-state index is -0.278. The molecule has 2 N–H and O–H groups in total. The summed E-state index contributed by atoms with van der Waals surface area (Å²) in [5.41, 5.74) is 7.03. The quantitative estimate of drug-likeness (QED) is 0.740. The van der Waals surface area contributed by atoms with E-state index in [1.54, 1.807) is 23.7 Å². The second kappa shape index (κ2) is 3.10. The van der Waals surface area contributed by atoms with E-state index in [-0.39, 0.29) is 5.82 Å². The highest BCUT2D eigenvalue weighted by Gasteiger charge is 2.06. The Morgan fingerprint density at radius 3 is 2.43 bits per heavy atom. The first-order valence-corrected chi connectivity index (χ1v) is 4.12. The van der Waals surface area contributed by atoms with Gasteiger partial charge < -0.3 is 5.73 Å². The molecule has 0 fully saturated rings. The van der Waals surface area contributed by atoms with Crippen molar-refractivity contribution < 1.29 is 4.39 Å².